The predicted octanol–water partition coefficient (Wildman–Crippen LogP) is 3.47. The van der Waals surface area contributed by atoms with E-state index in [1.165, 1.54) is 0 Å². The zero-order valence-corrected chi connectivity index (χ0v) is 11.0. The second kappa shape index (κ2) is 5.13. The molecule has 0 spiro atoms. The van der Waals surface area contributed by atoms with Crippen LogP contribution in [0.1, 0.15) is 16.1 Å². The number of rotatable bonds is 3. The van der Waals surface area contributed by atoms with Crippen molar-refractivity contribution in [2.24, 2.45) is 0 Å². The third-order valence-corrected chi connectivity index (χ3v) is 3.24. The molecule has 0 saturated heterocycles. The number of carbonyl (C=O) groups excluding carboxylic acids is 1. The summed E-state index contributed by atoms with van der Waals surface area (Å²) < 4.78 is 5.33. The fourth-order valence-electron chi connectivity index (χ4n) is 2.26. The van der Waals surface area contributed by atoms with Gasteiger partial charge in [0.25, 0.3) is 0 Å². The van der Waals surface area contributed by atoms with Crippen molar-refractivity contribution in [3.05, 3.63) is 72.1 Å². The molecular weight excluding hydrogens is 250 g/mol. The standard InChI is InChI=1S/C17H13NO2/c1-20-15-9-5-8-14-13(15)10-11-18-16(14)17(19)12-6-3-2-4-7-12/h2-11H,1H3. The normalized spacial score (nSPS) is 10.4. The fraction of sp³-hybridized carbons (Fsp3) is 0.0588. The highest BCUT2D eigenvalue weighted by molar-refractivity contribution is 6.15. The molecule has 0 fully saturated rings. The minimum absolute atomic E-state index is 0.0792. The van der Waals surface area contributed by atoms with Crippen LogP contribution in [-0.4, -0.2) is 17.9 Å². The average molecular weight is 263 g/mol. The second-order valence-corrected chi connectivity index (χ2v) is 4.41. The van der Waals surface area contributed by atoms with E-state index in [2.05, 4.69) is 4.98 Å². The van der Waals surface area contributed by atoms with Gasteiger partial charge in [0.15, 0.2) is 0 Å². The van der Waals surface area contributed by atoms with Gasteiger partial charge in [-0.05, 0) is 12.1 Å². The van der Waals surface area contributed by atoms with Crippen LogP contribution in [-0.2, 0) is 0 Å². The first kappa shape index (κ1) is 12.4. The monoisotopic (exact) mass is 263 g/mol. The van der Waals surface area contributed by atoms with E-state index in [4.69, 9.17) is 4.74 Å². The Morgan fingerprint density at radius 3 is 2.50 bits per heavy atom. The van der Waals surface area contributed by atoms with Gasteiger partial charge in [0.05, 0.1) is 7.11 Å². The van der Waals surface area contributed by atoms with E-state index in [0.29, 0.717) is 11.3 Å². The van der Waals surface area contributed by atoms with Crippen LogP contribution in [0.25, 0.3) is 10.8 Å². The topological polar surface area (TPSA) is 39.2 Å². The number of hydrogen-bond donors (Lipinski definition) is 0. The molecule has 0 saturated carbocycles. The fourth-order valence-corrected chi connectivity index (χ4v) is 2.26. The molecule has 0 amide bonds. The number of aromatic nitrogens is 1. The van der Waals surface area contributed by atoms with Gasteiger partial charge in [0, 0.05) is 22.5 Å². The average Bonchev–Trinajstić information content (AvgIpc) is 2.54. The van der Waals surface area contributed by atoms with Crippen LogP contribution in [0.3, 0.4) is 0 Å². The van der Waals surface area contributed by atoms with Crippen LogP contribution in [0.2, 0.25) is 0 Å². The maximum atomic E-state index is 12.6. The minimum Gasteiger partial charge on any atom is -0.496 e. The molecule has 0 atom stereocenters. The summed E-state index contributed by atoms with van der Waals surface area (Å²) in [6.45, 7) is 0. The first-order chi connectivity index (χ1) is 9.81. The van der Waals surface area contributed by atoms with Crippen molar-refractivity contribution in [1.82, 2.24) is 4.98 Å². The van der Waals surface area contributed by atoms with Gasteiger partial charge in [-0.15, -0.1) is 0 Å². The first-order valence-electron chi connectivity index (χ1n) is 6.33. The van der Waals surface area contributed by atoms with E-state index in [0.717, 1.165) is 16.5 Å². The van der Waals surface area contributed by atoms with Crippen molar-refractivity contribution >= 4 is 16.6 Å². The molecule has 98 valence electrons. The molecule has 3 aromatic rings. The Hall–Kier alpha value is -2.68. The predicted molar refractivity (Wildman–Crippen MR) is 78.2 cm³/mol. The molecule has 1 heterocycles. The van der Waals surface area contributed by atoms with E-state index in [1.807, 2.05) is 42.5 Å². The summed E-state index contributed by atoms with van der Waals surface area (Å²) in [7, 11) is 1.62. The molecule has 2 aromatic carbocycles. The van der Waals surface area contributed by atoms with Crippen LogP contribution < -0.4 is 4.74 Å². The Kier molecular flexibility index (Phi) is 3.17. The molecule has 0 unspecified atom stereocenters. The maximum Gasteiger partial charge on any atom is 0.211 e. The summed E-state index contributed by atoms with van der Waals surface area (Å²) in [4.78, 5) is 16.8. The number of pyridine rings is 1. The summed E-state index contributed by atoms with van der Waals surface area (Å²) in [6, 6.07) is 16.7. The summed E-state index contributed by atoms with van der Waals surface area (Å²) in [6.07, 6.45) is 1.64. The summed E-state index contributed by atoms with van der Waals surface area (Å²) in [5, 5.41) is 1.70. The number of nitrogens with zero attached hydrogens (tertiary/aromatic N) is 1. The highest BCUT2D eigenvalue weighted by Gasteiger charge is 2.14. The largest absolute Gasteiger partial charge is 0.496 e. The van der Waals surface area contributed by atoms with Gasteiger partial charge in [-0.2, -0.15) is 0 Å². The Morgan fingerprint density at radius 2 is 1.75 bits per heavy atom. The number of fused-ring (bicyclic) bond motifs is 1. The molecular formula is C17H13NO2. The number of benzene rings is 2. The van der Waals surface area contributed by atoms with Crippen molar-refractivity contribution in [3.63, 3.8) is 0 Å². The van der Waals surface area contributed by atoms with Gasteiger partial charge in [0.1, 0.15) is 11.4 Å². The molecule has 20 heavy (non-hydrogen) atoms. The Labute approximate surface area is 116 Å². The molecule has 0 N–H and O–H groups in total. The SMILES string of the molecule is COc1cccc2c(C(=O)c3ccccc3)nccc12. The van der Waals surface area contributed by atoms with Gasteiger partial charge < -0.3 is 4.74 Å². The molecule has 1 aromatic heterocycles. The molecule has 3 heteroatoms. The molecule has 0 aliphatic carbocycles. The zero-order chi connectivity index (χ0) is 13.9. The van der Waals surface area contributed by atoms with Crippen molar-refractivity contribution in [2.45, 2.75) is 0 Å². The summed E-state index contributed by atoms with van der Waals surface area (Å²) >= 11 is 0. The number of methoxy groups -OCH3 is 1. The Bertz CT molecular complexity index is 766. The first-order valence-corrected chi connectivity index (χ1v) is 6.33. The molecule has 0 aliphatic heterocycles. The Morgan fingerprint density at radius 1 is 0.950 bits per heavy atom. The highest BCUT2D eigenvalue weighted by atomic mass is 16.5. The van der Waals surface area contributed by atoms with Crippen LogP contribution in [0, 0.1) is 0 Å². The third kappa shape index (κ3) is 2.03. The number of ether oxygens (including phenoxy) is 1. The van der Waals surface area contributed by atoms with Crippen LogP contribution in [0.4, 0.5) is 0 Å². The number of ketones is 1. The summed E-state index contributed by atoms with van der Waals surface area (Å²) in [5.41, 5.74) is 1.09. The molecule has 0 radical (unpaired) electrons. The molecule has 0 aliphatic rings. The third-order valence-electron chi connectivity index (χ3n) is 3.24. The van der Waals surface area contributed by atoms with E-state index >= 15 is 0 Å². The van der Waals surface area contributed by atoms with Gasteiger partial charge in [-0.3, -0.25) is 9.78 Å². The lowest BCUT2D eigenvalue weighted by molar-refractivity contribution is 0.103. The number of carbonyl (C=O) groups is 1. The Balaban J connectivity index is 2.20. The van der Waals surface area contributed by atoms with Crippen LogP contribution in [0.5, 0.6) is 5.75 Å². The van der Waals surface area contributed by atoms with Crippen molar-refractivity contribution in [1.29, 1.82) is 0 Å². The highest BCUT2D eigenvalue weighted by Crippen LogP contribution is 2.27. The molecule has 3 rings (SSSR count). The van der Waals surface area contributed by atoms with Gasteiger partial charge in [0.2, 0.25) is 5.78 Å². The second-order valence-electron chi connectivity index (χ2n) is 4.41. The van der Waals surface area contributed by atoms with Gasteiger partial charge in [-0.25, -0.2) is 0 Å². The smallest absolute Gasteiger partial charge is 0.211 e. The van der Waals surface area contributed by atoms with E-state index in [-0.39, 0.29) is 5.78 Å². The van der Waals surface area contributed by atoms with Crippen molar-refractivity contribution in [3.8, 4) is 5.75 Å². The van der Waals surface area contributed by atoms with Gasteiger partial charge >= 0.3 is 0 Å². The van der Waals surface area contributed by atoms with Crippen LogP contribution in [0.15, 0.2) is 60.8 Å². The zero-order valence-electron chi connectivity index (χ0n) is 11.0. The lowest BCUT2D eigenvalue weighted by Crippen LogP contribution is -2.04. The van der Waals surface area contributed by atoms with Crippen LogP contribution >= 0.6 is 0 Å². The van der Waals surface area contributed by atoms with Gasteiger partial charge in [-0.1, -0.05) is 42.5 Å². The minimum atomic E-state index is -0.0792. The quantitative estimate of drug-likeness (QED) is 0.679. The van der Waals surface area contributed by atoms with Crippen molar-refractivity contribution < 1.29 is 9.53 Å². The lowest BCUT2D eigenvalue weighted by atomic mass is 10.0. The maximum absolute atomic E-state index is 12.6. The van der Waals surface area contributed by atoms with E-state index < -0.39 is 0 Å². The van der Waals surface area contributed by atoms with E-state index in [1.54, 1.807) is 25.4 Å². The molecule has 3 nitrogen and oxygen atoms in total. The summed E-state index contributed by atoms with van der Waals surface area (Å²) in [5.74, 6) is 0.663. The van der Waals surface area contributed by atoms with Crippen molar-refractivity contribution in [2.75, 3.05) is 7.11 Å². The van der Waals surface area contributed by atoms with E-state index in [9.17, 15) is 4.79 Å². The molecule has 0 bridgehead atoms. The number of hydrogen-bond acceptors (Lipinski definition) is 3. The lowest BCUT2D eigenvalue weighted by Gasteiger charge is -2.08.